The van der Waals surface area contributed by atoms with Crippen LogP contribution in [0.1, 0.15) is 62.7 Å². The minimum absolute atomic E-state index is 0.0306. The van der Waals surface area contributed by atoms with E-state index in [1.165, 1.54) is 0 Å². The van der Waals surface area contributed by atoms with E-state index in [1.54, 1.807) is 44.3 Å². The van der Waals surface area contributed by atoms with Crippen LogP contribution in [-0.2, 0) is 4.79 Å². The lowest BCUT2D eigenvalue weighted by atomic mass is 9.96. The summed E-state index contributed by atoms with van der Waals surface area (Å²) in [5.74, 6) is 0.854. The summed E-state index contributed by atoms with van der Waals surface area (Å²) in [5.41, 5.74) is -1.08. The lowest BCUT2D eigenvalue weighted by Crippen LogP contribution is -2.55. The van der Waals surface area contributed by atoms with E-state index in [1.807, 2.05) is 6.07 Å². The molecule has 1 aliphatic carbocycles. The normalized spacial score (nSPS) is 23.9. The van der Waals surface area contributed by atoms with Crippen molar-refractivity contribution in [3.8, 4) is 5.75 Å². The Morgan fingerprint density at radius 3 is 2.43 bits per heavy atom. The highest BCUT2D eigenvalue weighted by Gasteiger charge is 2.44. The van der Waals surface area contributed by atoms with E-state index in [2.05, 4.69) is 20.5 Å². The Morgan fingerprint density at radius 2 is 1.86 bits per heavy atom. The summed E-state index contributed by atoms with van der Waals surface area (Å²) >= 11 is 12.2. The van der Waals surface area contributed by atoms with Crippen molar-refractivity contribution in [1.82, 2.24) is 15.6 Å². The summed E-state index contributed by atoms with van der Waals surface area (Å²) in [5, 5.41) is 16.4. The van der Waals surface area contributed by atoms with E-state index in [-0.39, 0.29) is 36.5 Å². The number of carbonyl (C=O) groups excluding carboxylic acids is 2. The Bertz CT molecular complexity index is 1170. The molecule has 0 spiro atoms. The largest absolute Gasteiger partial charge is 0.476 e. The van der Waals surface area contributed by atoms with Crippen LogP contribution in [0.5, 0.6) is 5.75 Å². The van der Waals surface area contributed by atoms with Gasteiger partial charge in [-0.25, -0.2) is 4.98 Å². The Kier molecular flexibility index (Phi) is 7.02. The van der Waals surface area contributed by atoms with Gasteiger partial charge in [0.1, 0.15) is 11.6 Å². The molecule has 1 aromatic heterocycles. The number of benzene rings is 1. The molecule has 10 heteroatoms. The number of amides is 2. The van der Waals surface area contributed by atoms with Gasteiger partial charge in [-0.2, -0.15) is 0 Å². The molecule has 2 aromatic rings. The molecule has 3 N–H and O–H groups in total. The topological polar surface area (TPSA) is 104 Å². The molecule has 0 radical (unpaired) electrons. The van der Waals surface area contributed by atoms with Crippen LogP contribution in [0, 0.1) is 0 Å². The number of aromatic nitrogens is 1. The lowest BCUT2D eigenvalue weighted by molar-refractivity contribution is -0.135. The molecule has 3 heterocycles. The molecule has 2 bridgehead atoms. The van der Waals surface area contributed by atoms with Gasteiger partial charge >= 0.3 is 0 Å². The number of anilines is 1. The molecule has 2 aliphatic heterocycles. The number of nitrogens with one attached hydrogen (secondary N) is 2. The number of piperidine rings is 1. The molecule has 2 amide bonds. The third kappa shape index (κ3) is 5.52. The van der Waals surface area contributed by atoms with Crippen LogP contribution >= 0.6 is 23.2 Å². The van der Waals surface area contributed by atoms with Crippen molar-refractivity contribution in [3.63, 3.8) is 0 Å². The number of fused-ring (bicyclic) bond motifs is 2. The molecule has 5 rings (SSSR count). The molecule has 3 aliphatic rings. The number of hydrogen-bond donors (Lipinski definition) is 3. The van der Waals surface area contributed by atoms with E-state index in [0.29, 0.717) is 21.4 Å². The summed E-state index contributed by atoms with van der Waals surface area (Å²) < 4.78 is 5.95. The average molecular weight is 547 g/mol. The van der Waals surface area contributed by atoms with Gasteiger partial charge in [0.25, 0.3) is 11.8 Å². The van der Waals surface area contributed by atoms with Crippen molar-refractivity contribution >= 4 is 40.8 Å². The molecule has 8 nitrogen and oxygen atoms in total. The first kappa shape index (κ1) is 26.1. The second kappa shape index (κ2) is 9.97. The first-order chi connectivity index (χ1) is 17.6. The number of rotatable bonds is 8. The van der Waals surface area contributed by atoms with Gasteiger partial charge in [-0.1, -0.05) is 23.2 Å². The van der Waals surface area contributed by atoms with Crippen LogP contribution in [0.25, 0.3) is 0 Å². The van der Waals surface area contributed by atoms with Gasteiger partial charge in [0, 0.05) is 29.3 Å². The summed E-state index contributed by atoms with van der Waals surface area (Å²) in [7, 11) is 0. The fraction of sp³-hybridized carbons (Fsp3) is 0.519. The van der Waals surface area contributed by atoms with E-state index in [9.17, 15) is 14.7 Å². The first-order valence-corrected chi connectivity index (χ1v) is 13.5. The highest BCUT2D eigenvalue weighted by atomic mass is 35.5. The number of carbonyl (C=O) groups is 2. The van der Waals surface area contributed by atoms with E-state index >= 15 is 0 Å². The third-order valence-corrected chi connectivity index (χ3v) is 8.21. The summed E-state index contributed by atoms with van der Waals surface area (Å²) in [6, 6.07) is 9.16. The van der Waals surface area contributed by atoms with E-state index < -0.39 is 11.1 Å². The second-order valence-electron chi connectivity index (χ2n) is 10.9. The molecule has 3 atom stereocenters. The van der Waals surface area contributed by atoms with Crippen molar-refractivity contribution in [3.05, 3.63) is 52.1 Å². The number of ether oxygens (including phenoxy) is 1. The van der Waals surface area contributed by atoms with Crippen LogP contribution in [0.3, 0.4) is 0 Å². The van der Waals surface area contributed by atoms with Crippen LogP contribution in [0.2, 0.25) is 10.0 Å². The zero-order valence-electron chi connectivity index (χ0n) is 21.0. The maximum absolute atomic E-state index is 13.1. The second-order valence-corrected chi connectivity index (χ2v) is 11.8. The van der Waals surface area contributed by atoms with Crippen molar-refractivity contribution in [2.24, 2.45) is 0 Å². The van der Waals surface area contributed by atoms with E-state index in [0.717, 1.165) is 44.3 Å². The molecule has 0 unspecified atom stereocenters. The highest BCUT2D eigenvalue weighted by Crippen LogP contribution is 2.39. The van der Waals surface area contributed by atoms with Crippen molar-refractivity contribution in [2.75, 3.05) is 11.5 Å². The lowest BCUT2D eigenvalue weighted by Gasteiger charge is -2.40. The quantitative estimate of drug-likeness (QED) is 0.460. The maximum atomic E-state index is 13.1. The molecule has 3 fully saturated rings. The molecule has 2 saturated heterocycles. The van der Waals surface area contributed by atoms with Crippen LogP contribution < -0.4 is 20.3 Å². The molecular weight excluding hydrogens is 515 g/mol. The molecule has 1 saturated carbocycles. The smallest absolute Gasteiger partial charge is 0.263 e. The fourth-order valence-corrected chi connectivity index (χ4v) is 5.81. The predicted molar refractivity (Wildman–Crippen MR) is 142 cm³/mol. The summed E-state index contributed by atoms with van der Waals surface area (Å²) in [6.45, 7) is 3.41. The van der Waals surface area contributed by atoms with Gasteiger partial charge in [0.2, 0.25) is 0 Å². The Balaban J connectivity index is 1.19. The number of pyridine rings is 1. The van der Waals surface area contributed by atoms with E-state index in [4.69, 9.17) is 27.9 Å². The van der Waals surface area contributed by atoms with Crippen molar-refractivity contribution in [1.29, 1.82) is 0 Å². The minimum Gasteiger partial charge on any atom is -0.476 e. The van der Waals surface area contributed by atoms with Crippen LogP contribution in [0.15, 0.2) is 36.5 Å². The molecule has 1 aromatic carbocycles. The van der Waals surface area contributed by atoms with Crippen LogP contribution in [-0.4, -0.2) is 57.8 Å². The predicted octanol–water partition coefficient (Wildman–Crippen LogP) is 4.12. The summed E-state index contributed by atoms with van der Waals surface area (Å²) in [4.78, 5) is 32.6. The van der Waals surface area contributed by atoms with Gasteiger partial charge in [-0.3, -0.25) is 9.59 Å². The third-order valence-electron chi connectivity index (χ3n) is 7.68. The number of halogens is 2. The number of aliphatic hydroxyl groups is 1. The zero-order chi connectivity index (χ0) is 26.4. The Labute approximate surface area is 226 Å². The van der Waals surface area contributed by atoms with Crippen molar-refractivity contribution < 1.29 is 19.4 Å². The summed E-state index contributed by atoms with van der Waals surface area (Å²) in [6.07, 6.45) is 6.88. The van der Waals surface area contributed by atoms with Gasteiger partial charge in [-0.05, 0) is 82.7 Å². The van der Waals surface area contributed by atoms with Gasteiger partial charge in [-0.15, -0.1) is 0 Å². The molecule has 198 valence electrons. The average Bonchev–Trinajstić information content (AvgIpc) is 3.58. The molecular formula is C27H32Cl2N4O4. The van der Waals surface area contributed by atoms with Gasteiger partial charge < -0.3 is 25.4 Å². The van der Waals surface area contributed by atoms with Gasteiger partial charge in [0.05, 0.1) is 22.7 Å². The van der Waals surface area contributed by atoms with Crippen LogP contribution in [0.4, 0.5) is 5.82 Å². The number of hydrogen-bond acceptors (Lipinski definition) is 6. The molecule has 37 heavy (non-hydrogen) atoms. The number of aliphatic hydroxyl groups excluding tert-OH is 1. The maximum Gasteiger partial charge on any atom is 0.263 e. The first-order valence-electron chi connectivity index (χ1n) is 12.7. The SMILES string of the molecule is CC(C)(Oc1ccc(Cl)cc1Cl)C(=O)N[C@H]1C[C@H]2CC[C@@H](C1)N2c1ccc(C(=O)NC2(CO)CC2)cn1. The standard InChI is InChI=1S/C27H32Cl2N4O4/c1-26(2,37-22-7-4-17(28)11-21(22)29)25(36)31-18-12-19-5-6-20(13-18)33(19)23-8-3-16(14-30-23)24(35)32-27(15-34)9-10-27/h3-4,7-8,11,14,18-20,34H,5-6,9-10,12-13,15H2,1-2H3,(H,31,36)(H,32,35)/t18-,19+,20-. The Morgan fingerprint density at radius 1 is 1.16 bits per heavy atom. The number of nitrogens with zero attached hydrogens (tertiary/aromatic N) is 2. The Hall–Kier alpha value is -2.55. The zero-order valence-corrected chi connectivity index (χ0v) is 22.5. The van der Waals surface area contributed by atoms with Gasteiger partial charge in [0.15, 0.2) is 5.60 Å². The highest BCUT2D eigenvalue weighted by molar-refractivity contribution is 6.35. The monoisotopic (exact) mass is 546 g/mol. The van der Waals surface area contributed by atoms with Crippen molar-refractivity contribution in [2.45, 2.75) is 81.6 Å². The minimum atomic E-state index is -1.11. The fourth-order valence-electron chi connectivity index (χ4n) is 5.37.